The van der Waals surface area contributed by atoms with Gasteiger partial charge in [0.1, 0.15) is 5.41 Å². The molecular formula is C35H52O5P2. The molecule has 5 nitrogen and oxygen atoms in total. The van der Waals surface area contributed by atoms with Crippen molar-refractivity contribution in [2.45, 2.75) is 149 Å². The van der Waals surface area contributed by atoms with E-state index in [2.05, 4.69) is 135 Å². The molecule has 4 aliphatic rings. The first-order valence-electron chi connectivity index (χ1n) is 15.2. The van der Waals surface area contributed by atoms with Crippen molar-refractivity contribution in [1.29, 1.82) is 0 Å². The van der Waals surface area contributed by atoms with Crippen LogP contribution < -0.4 is 0 Å². The second-order valence-corrected chi connectivity index (χ2v) is 19.5. The van der Waals surface area contributed by atoms with Gasteiger partial charge >= 0.3 is 23.2 Å². The van der Waals surface area contributed by atoms with E-state index in [9.17, 15) is 0 Å². The molecule has 1 atom stereocenters. The first-order chi connectivity index (χ1) is 18.8. The summed E-state index contributed by atoms with van der Waals surface area (Å²) in [6.45, 7) is 36.4. The highest BCUT2D eigenvalue weighted by atomic mass is 31.2. The van der Waals surface area contributed by atoms with Gasteiger partial charge in [0.25, 0.3) is 0 Å². The molecular weight excluding hydrogens is 562 g/mol. The second-order valence-electron chi connectivity index (χ2n) is 17.2. The molecule has 4 heterocycles. The lowest BCUT2D eigenvalue weighted by Crippen LogP contribution is -2.74. The van der Waals surface area contributed by atoms with Crippen LogP contribution in [0.1, 0.15) is 141 Å². The Kier molecular flexibility index (Phi) is 7.39. The van der Waals surface area contributed by atoms with E-state index in [1.54, 1.807) is 0 Å². The van der Waals surface area contributed by atoms with E-state index in [1.165, 1.54) is 44.5 Å². The number of benzene rings is 2. The lowest BCUT2D eigenvalue weighted by atomic mass is 9.53. The average molecular weight is 615 g/mol. The van der Waals surface area contributed by atoms with Crippen molar-refractivity contribution in [3.8, 4) is 0 Å². The van der Waals surface area contributed by atoms with Crippen LogP contribution >= 0.6 is 17.2 Å². The van der Waals surface area contributed by atoms with Gasteiger partial charge < -0.3 is 4.52 Å². The molecule has 4 fully saturated rings. The van der Waals surface area contributed by atoms with E-state index in [-0.39, 0.29) is 21.7 Å². The van der Waals surface area contributed by atoms with Gasteiger partial charge in [0.15, 0.2) is 0 Å². The smallest absolute Gasteiger partial charge is 0.304 e. The molecule has 1 unspecified atom stereocenters. The minimum atomic E-state index is -1.63. The van der Waals surface area contributed by atoms with Gasteiger partial charge in [-0.2, -0.15) is 0 Å². The molecule has 2 aromatic carbocycles. The van der Waals surface area contributed by atoms with Crippen molar-refractivity contribution < 1.29 is 22.4 Å². The highest BCUT2D eigenvalue weighted by Gasteiger charge is 2.81. The molecule has 42 heavy (non-hydrogen) atoms. The fourth-order valence-electron chi connectivity index (χ4n) is 7.08. The first kappa shape index (κ1) is 32.5. The quantitative estimate of drug-likeness (QED) is 0.315. The Morgan fingerprint density at radius 3 is 1.07 bits per heavy atom. The van der Waals surface area contributed by atoms with Crippen LogP contribution in [0.3, 0.4) is 0 Å². The maximum atomic E-state index is 6.97. The normalized spacial score (nSPS) is 27.0. The third-order valence-corrected chi connectivity index (χ3v) is 11.8. The molecule has 0 radical (unpaired) electrons. The van der Waals surface area contributed by atoms with Crippen LogP contribution in [0.5, 0.6) is 0 Å². The molecule has 4 saturated heterocycles. The van der Waals surface area contributed by atoms with Crippen LogP contribution in [-0.2, 0) is 49.5 Å². The summed E-state index contributed by atoms with van der Waals surface area (Å²) in [5.41, 5.74) is 7.22. The number of hydrogen-bond donors (Lipinski definition) is 0. The molecule has 0 amide bonds. The molecule has 0 aromatic heterocycles. The van der Waals surface area contributed by atoms with E-state index in [0.29, 0.717) is 0 Å². The van der Waals surface area contributed by atoms with Crippen molar-refractivity contribution in [2.24, 2.45) is 0 Å². The van der Waals surface area contributed by atoms with Crippen molar-refractivity contribution in [3.05, 3.63) is 68.8 Å². The van der Waals surface area contributed by atoms with Gasteiger partial charge in [-0.15, -0.1) is 0 Å². The van der Waals surface area contributed by atoms with Crippen LogP contribution in [0.25, 0.3) is 0 Å². The summed E-state index contributed by atoms with van der Waals surface area (Å²) < 4.78 is 33.2. The fourth-order valence-corrected chi connectivity index (χ4v) is 9.88. The van der Waals surface area contributed by atoms with Gasteiger partial charge in [0, 0.05) is 0 Å². The monoisotopic (exact) mass is 614 g/mol. The van der Waals surface area contributed by atoms with Crippen LogP contribution in [0.2, 0.25) is 0 Å². The minimum absolute atomic E-state index is 0.197. The fraction of sp³-hybridized carbons (Fsp3) is 0.657. The molecule has 0 aliphatic carbocycles. The Hall–Kier alpha value is -0.900. The van der Waals surface area contributed by atoms with Crippen LogP contribution in [0.15, 0.2) is 24.3 Å². The summed E-state index contributed by atoms with van der Waals surface area (Å²) in [6.07, 6.45) is 0. The third kappa shape index (κ3) is 4.77. The number of aryl methyl sites for hydroxylation is 2. The van der Waals surface area contributed by atoms with E-state index in [0.717, 1.165) is 0 Å². The molecule has 4 aliphatic heterocycles. The van der Waals surface area contributed by atoms with Gasteiger partial charge in [-0.25, -0.2) is 4.31 Å². The van der Waals surface area contributed by atoms with E-state index < -0.39 is 34.2 Å². The van der Waals surface area contributed by atoms with Gasteiger partial charge in [-0.1, -0.05) is 118 Å². The highest BCUT2D eigenvalue weighted by Crippen LogP contribution is 2.84. The predicted octanol–water partition coefficient (Wildman–Crippen LogP) is 10.8. The Bertz CT molecular complexity index is 1260. The zero-order valence-corrected chi connectivity index (χ0v) is 30.5. The summed E-state index contributed by atoms with van der Waals surface area (Å²) >= 11 is 0. The average Bonchev–Trinajstić information content (AvgIpc) is 2.75. The Labute approximate surface area is 257 Å². The van der Waals surface area contributed by atoms with Crippen molar-refractivity contribution >= 4 is 17.2 Å². The first-order valence-corrected chi connectivity index (χ1v) is 17.4. The van der Waals surface area contributed by atoms with Gasteiger partial charge in [0.2, 0.25) is 0 Å². The van der Waals surface area contributed by atoms with Crippen LogP contribution in [0, 0.1) is 13.8 Å². The molecule has 3 bridgehead atoms. The maximum Gasteiger partial charge on any atom is 0.349 e. The standard InChI is InChI=1S/C35H52O5P2/c1-21-17-23(29(3,4)5)27(24(18-21)30(6,7)8)34(33(15,16)36-41-37-35(34)38-42(39-35)40-41)28-25(31(9,10)11)19-22(2)20-26(28)32(12,13)14/h17-20H,1-16H3. The van der Waals surface area contributed by atoms with Gasteiger partial charge in [-0.05, 0) is 82.7 Å². The third-order valence-electron chi connectivity index (χ3n) is 8.93. The maximum absolute atomic E-state index is 6.97. The molecule has 1 spiro atoms. The molecule has 0 saturated carbocycles. The Morgan fingerprint density at radius 2 is 0.786 bits per heavy atom. The molecule has 2 aromatic rings. The van der Waals surface area contributed by atoms with Crippen molar-refractivity contribution in [3.63, 3.8) is 0 Å². The lowest BCUT2D eigenvalue weighted by Gasteiger charge is -2.67. The van der Waals surface area contributed by atoms with E-state index >= 15 is 0 Å². The summed E-state index contributed by atoms with van der Waals surface area (Å²) in [7, 11) is -3.19. The summed E-state index contributed by atoms with van der Waals surface area (Å²) in [4.78, 5) is 0. The molecule has 0 N–H and O–H groups in total. The summed E-state index contributed by atoms with van der Waals surface area (Å²) in [6, 6.07) is 9.44. The zero-order chi connectivity index (χ0) is 31.6. The largest absolute Gasteiger partial charge is 0.349 e. The predicted molar refractivity (Wildman–Crippen MR) is 174 cm³/mol. The lowest BCUT2D eigenvalue weighted by molar-refractivity contribution is -0.398. The SMILES string of the molecule is Cc1cc(C(C)(C)C)c(C2(c3c(C(C)(C)C)cc(C)cc3C(C)(C)C)C(C)(C)OP3OP4OC2(O3)O4)c(C(C)(C)C)c1. The molecule has 6 rings (SSSR count). The minimum Gasteiger partial charge on any atom is -0.304 e. The number of hydrogen-bond acceptors (Lipinski definition) is 5. The summed E-state index contributed by atoms with van der Waals surface area (Å²) in [5, 5.41) is 0. The van der Waals surface area contributed by atoms with E-state index in [1.807, 2.05) is 0 Å². The Balaban J connectivity index is 2.15. The molecule has 7 heteroatoms. The topological polar surface area (TPSA) is 46.2 Å². The van der Waals surface area contributed by atoms with Crippen molar-refractivity contribution in [2.75, 3.05) is 0 Å². The zero-order valence-electron chi connectivity index (χ0n) is 28.7. The number of rotatable bonds is 2. The highest BCUT2D eigenvalue weighted by molar-refractivity contribution is 7.57. The van der Waals surface area contributed by atoms with E-state index in [4.69, 9.17) is 22.4 Å². The second kappa shape index (κ2) is 9.56. The van der Waals surface area contributed by atoms with Crippen molar-refractivity contribution in [1.82, 2.24) is 0 Å². The van der Waals surface area contributed by atoms with Crippen LogP contribution in [0.4, 0.5) is 0 Å². The summed E-state index contributed by atoms with van der Waals surface area (Å²) in [5.74, 6) is -1.39. The van der Waals surface area contributed by atoms with Gasteiger partial charge in [0.05, 0.1) is 5.60 Å². The Morgan fingerprint density at radius 1 is 0.500 bits per heavy atom. The van der Waals surface area contributed by atoms with Gasteiger partial charge in [-0.3, -0.25) is 13.6 Å². The van der Waals surface area contributed by atoms with Crippen LogP contribution in [-0.4, -0.2) is 11.6 Å². The molecule has 232 valence electrons.